The van der Waals surface area contributed by atoms with Crippen molar-refractivity contribution in [3.05, 3.63) is 0 Å². The molecule has 1 atom stereocenters. The van der Waals surface area contributed by atoms with Crippen LogP contribution in [0.15, 0.2) is 0 Å². The van der Waals surface area contributed by atoms with Crippen LogP contribution in [0.1, 0.15) is 46.5 Å². The number of piperidine rings is 1. The summed E-state index contributed by atoms with van der Waals surface area (Å²) >= 11 is 1.80. The summed E-state index contributed by atoms with van der Waals surface area (Å²) in [7, 11) is 0. The molecule has 0 bridgehead atoms. The second-order valence-electron chi connectivity index (χ2n) is 7.03. The van der Waals surface area contributed by atoms with Gasteiger partial charge in [0.1, 0.15) is 6.61 Å². The zero-order valence-electron chi connectivity index (χ0n) is 13.4. The van der Waals surface area contributed by atoms with Gasteiger partial charge in [0.15, 0.2) is 0 Å². The topological polar surface area (TPSA) is 46.6 Å². The van der Waals surface area contributed by atoms with Gasteiger partial charge in [0.25, 0.3) is 0 Å². The predicted molar refractivity (Wildman–Crippen MR) is 85.2 cm³/mol. The summed E-state index contributed by atoms with van der Waals surface area (Å²) in [6, 6.07) is 0. The van der Waals surface area contributed by atoms with Crippen LogP contribution in [0, 0.1) is 11.8 Å². The third-order valence-electron chi connectivity index (χ3n) is 3.86. The van der Waals surface area contributed by atoms with Crippen LogP contribution < -0.4 is 0 Å². The molecule has 1 amide bonds. The molecule has 1 aliphatic heterocycles. The van der Waals surface area contributed by atoms with Gasteiger partial charge in [-0.3, -0.25) is 9.59 Å². The number of thioether (sulfide) groups is 1. The molecule has 5 heteroatoms. The first kappa shape index (κ1) is 16.7. The fourth-order valence-corrected chi connectivity index (χ4v) is 3.35. The number of carbonyl (C=O) groups is 2. The minimum atomic E-state index is -0.127. The number of likely N-dealkylation sites (tertiary alicyclic amines) is 1. The molecule has 1 unspecified atom stereocenters. The Labute approximate surface area is 132 Å². The van der Waals surface area contributed by atoms with E-state index in [1.807, 2.05) is 4.90 Å². The van der Waals surface area contributed by atoms with Crippen molar-refractivity contribution < 1.29 is 14.3 Å². The Bertz CT molecular complexity index is 387. The van der Waals surface area contributed by atoms with Gasteiger partial charge in [-0.15, -0.1) is 0 Å². The molecule has 0 aromatic carbocycles. The van der Waals surface area contributed by atoms with Crippen LogP contribution in [0.4, 0.5) is 0 Å². The van der Waals surface area contributed by atoms with Crippen molar-refractivity contribution >= 4 is 23.6 Å². The summed E-state index contributed by atoms with van der Waals surface area (Å²) in [4.78, 5) is 26.0. The molecule has 4 nitrogen and oxygen atoms in total. The monoisotopic (exact) mass is 313 g/mol. The summed E-state index contributed by atoms with van der Waals surface area (Å²) in [5.41, 5.74) is 0. The second kappa shape index (κ2) is 7.03. The van der Waals surface area contributed by atoms with Crippen LogP contribution in [0.25, 0.3) is 0 Å². The highest BCUT2D eigenvalue weighted by atomic mass is 32.2. The number of hydrogen-bond acceptors (Lipinski definition) is 4. The Morgan fingerprint density at radius 1 is 1.19 bits per heavy atom. The first-order valence-corrected chi connectivity index (χ1v) is 8.95. The number of nitrogens with zero attached hydrogens (tertiary/aromatic N) is 1. The summed E-state index contributed by atoms with van der Waals surface area (Å²) in [6.45, 7) is 8.29. The lowest BCUT2D eigenvalue weighted by Crippen LogP contribution is -2.43. The molecule has 1 heterocycles. The van der Waals surface area contributed by atoms with Gasteiger partial charge < -0.3 is 9.64 Å². The highest BCUT2D eigenvalue weighted by Gasteiger charge is 2.37. The van der Waals surface area contributed by atoms with Crippen LogP contribution in [0.2, 0.25) is 0 Å². The van der Waals surface area contributed by atoms with Gasteiger partial charge in [0, 0.05) is 29.5 Å². The lowest BCUT2D eigenvalue weighted by Gasteiger charge is -2.31. The normalized spacial score (nSPS) is 23.0. The van der Waals surface area contributed by atoms with E-state index in [2.05, 4.69) is 20.8 Å². The summed E-state index contributed by atoms with van der Waals surface area (Å²) < 4.78 is 5.58. The smallest absolute Gasteiger partial charge is 0.310 e. The van der Waals surface area contributed by atoms with Gasteiger partial charge in [-0.05, 0) is 25.7 Å². The first-order valence-electron chi connectivity index (χ1n) is 7.96. The molecule has 0 aromatic heterocycles. The Balaban J connectivity index is 1.70. The molecule has 0 N–H and O–H groups in total. The average molecular weight is 313 g/mol. The molecule has 21 heavy (non-hydrogen) atoms. The van der Waals surface area contributed by atoms with Crippen molar-refractivity contribution in [3.63, 3.8) is 0 Å². The van der Waals surface area contributed by atoms with Crippen molar-refractivity contribution in [1.29, 1.82) is 0 Å². The van der Waals surface area contributed by atoms with E-state index in [4.69, 9.17) is 4.74 Å². The van der Waals surface area contributed by atoms with Gasteiger partial charge >= 0.3 is 5.97 Å². The van der Waals surface area contributed by atoms with Crippen molar-refractivity contribution in [2.24, 2.45) is 11.8 Å². The quantitative estimate of drug-likeness (QED) is 0.578. The van der Waals surface area contributed by atoms with E-state index in [9.17, 15) is 9.59 Å². The van der Waals surface area contributed by atoms with E-state index in [-0.39, 0.29) is 28.5 Å². The standard InChI is InChI=1S/C16H27NO3S/c1-16(2,3)21-10-9-20-15(19)13-5-4-8-17(11-13)14(18)12-6-7-12/h12-13H,4-11H2,1-3H3. The number of ether oxygens (including phenoxy) is 1. The maximum Gasteiger partial charge on any atom is 0.310 e. The van der Waals surface area contributed by atoms with Gasteiger partial charge in [-0.1, -0.05) is 20.8 Å². The van der Waals surface area contributed by atoms with Crippen molar-refractivity contribution in [2.45, 2.75) is 51.2 Å². The average Bonchev–Trinajstić information content (AvgIpc) is 3.26. The van der Waals surface area contributed by atoms with E-state index in [0.717, 1.165) is 38.0 Å². The Hall–Kier alpha value is -0.710. The minimum absolute atomic E-state index is 0.124. The van der Waals surface area contributed by atoms with E-state index in [0.29, 0.717) is 13.2 Å². The van der Waals surface area contributed by atoms with E-state index >= 15 is 0 Å². The minimum Gasteiger partial charge on any atom is -0.465 e. The fraction of sp³-hybridized carbons (Fsp3) is 0.875. The number of esters is 1. The van der Waals surface area contributed by atoms with E-state index in [1.165, 1.54) is 0 Å². The number of hydrogen-bond donors (Lipinski definition) is 0. The SMILES string of the molecule is CC(C)(C)SCCOC(=O)C1CCCN(C(=O)C2CC2)C1. The molecule has 2 aliphatic rings. The van der Waals surface area contributed by atoms with Crippen molar-refractivity contribution in [2.75, 3.05) is 25.4 Å². The van der Waals surface area contributed by atoms with Crippen LogP contribution >= 0.6 is 11.8 Å². The maximum atomic E-state index is 12.1. The fourth-order valence-electron chi connectivity index (χ4n) is 2.57. The Kier molecular flexibility index (Phi) is 5.58. The van der Waals surface area contributed by atoms with Crippen LogP contribution in [-0.2, 0) is 14.3 Å². The van der Waals surface area contributed by atoms with Crippen molar-refractivity contribution in [1.82, 2.24) is 4.90 Å². The van der Waals surface area contributed by atoms with Gasteiger partial charge in [0.05, 0.1) is 5.92 Å². The number of carbonyl (C=O) groups excluding carboxylic acids is 2. The molecule has 2 fully saturated rings. The molecule has 2 rings (SSSR count). The lowest BCUT2D eigenvalue weighted by atomic mass is 9.98. The Morgan fingerprint density at radius 2 is 1.90 bits per heavy atom. The number of rotatable bonds is 5. The van der Waals surface area contributed by atoms with Crippen LogP contribution in [0.3, 0.4) is 0 Å². The van der Waals surface area contributed by atoms with Gasteiger partial charge in [-0.25, -0.2) is 0 Å². The molecule has 0 spiro atoms. The summed E-state index contributed by atoms with van der Waals surface area (Å²) in [6.07, 6.45) is 3.80. The molecule has 120 valence electrons. The third-order valence-corrected chi connectivity index (χ3v) is 5.09. The largest absolute Gasteiger partial charge is 0.465 e. The highest BCUT2D eigenvalue weighted by molar-refractivity contribution is 8.00. The van der Waals surface area contributed by atoms with E-state index in [1.54, 1.807) is 11.8 Å². The molecular formula is C16H27NO3S. The first-order chi connectivity index (χ1) is 9.87. The summed E-state index contributed by atoms with van der Waals surface area (Å²) in [5, 5.41) is 0. The molecule has 0 radical (unpaired) electrons. The van der Waals surface area contributed by atoms with Crippen LogP contribution in [0.5, 0.6) is 0 Å². The highest BCUT2D eigenvalue weighted by Crippen LogP contribution is 2.32. The zero-order chi connectivity index (χ0) is 15.5. The third kappa shape index (κ3) is 5.53. The molecule has 0 aromatic rings. The molecular weight excluding hydrogens is 286 g/mol. The lowest BCUT2D eigenvalue weighted by molar-refractivity contribution is -0.151. The maximum absolute atomic E-state index is 12.1. The predicted octanol–water partition coefficient (Wildman–Crippen LogP) is 2.71. The van der Waals surface area contributed by atoms with Crippen molar-refractivity contribution in [3.8, 4) is 0 Å². The van der Waals surface area contributed by atoms with Gasteiger partial charge in [0.2, 0.25) is 5.91 Å². The molecule has 1 saturated heterocycles. The zero-order valence-corrected chi connectivity index (χ0v) is 14.2. The molecule has 1 aliphatic carbocycles. The van der Waals surface area contributed by atoms with E-state index < -0.39 is 0 Å². The summed E-state index contributed by atoms with van der Waals surface area (Å²) in [5.74, 6) is 1.06. The number of amides is 1. The van der Waals surface area contributed by atoms with Crippen LogP contribution in [-0.4, -0.2) is 47.0 Å². The second-order valence-corrected chi connectivity index (χ2v) is 8.95. The Morgan fingerprint density at radius 3 is 2.52 bits per heavy atom. The molecule has 1 saturated carbocycles. The van der Waals surface area contributed by atoms with Gasteiger partial charge in [-0.2, -0.15) is 11.8 Å².